The molecule has 1 saturated heterocycles. The van der Waals surface area contributed by atoms with Crippen molar-refractivity contribution < 1.29 is 19.0 Å². The average molecular weight is 291 g/mol. The number of nitrogens with one attached hydrogen (secondary N) is 1. The largest absolute Gasteiger partial charge is 0.491 e. The first-order chi connectivity index (χ1) is 10.1. The van der Waals surface area contributed by atoms with Gasteiger partial charge in [0, 0.05) is 12.0 Å². The number of benzene rings is 1. The van der Waals surface area contributed by atoms with Gasteiger partial charge in [0.1, 0.15) is 12.4 Å². The third-order valence-electron chi connectivity index (χ3n) is 3.87. The Morgan fingerprint density at radius 1 is 1.43 bits per heavy atom. The first-order valence-corrected chi connectivity index (χ1v) is 7.39. The zero-order valence-electron chi connectivity index (χ0n) is 12.4. The maximum atomic E-state index is 12.7. The highest BCUT2D eigenvalue weighted by Crippen LogP contribution is 2.33. The van der Waals surface area contributed by atoms with E-state index in [4.69, 9.17) is 14.2 Å². The summed E-state index contributed by atoms with van der Waals surface area (Å²) in [5, 5.41) is 3.05. The van der Waals surface area contributed by atoms with Gasteiger partial charge in [-0.05, 0) is 19.9 Å². The summed E-state index contributed by atoms with van der Waals surface area (Å²) in [5.74, 6) is 0.725. The third kappa shape index (κ3) is 2.76. The van der Waals surface area contributed by atoms with Crippen LogP contribution < -0.4 is 10.1 Å². The number of carbonyl (C=O) groups excluding carboxylic acids is 1. The van der Waals surface area contributed by atoms with E-state index in [9.17, 15) is 4.79 Å². The lowest BCUT2D eigenvalue weighted by molar-refractivity contribution is -0.154. The van der Waals surface area contributed by atoms with E-state index in [1.165, 1.54) is 0 Å². The number of amides is 1. The van der Waals surface area contributed by atoms with Crippen molar-refractivity contribution in [2.24, 2.45) is 0 Å². The Labute approximate surface area is 124 Å². The maximum Gasteiger partial charge on any atom is 0.255 e. The summed E-state index contributed by atoms with van der Waals surface area (Å²) in [6.07, 6.45) is 0.566. The Morgan fingerprint density at radius 3 is 2.95 bits per heavy atom. The minimum Gasteiger partial charge on any atom is -0.491 e. The van der Waals surface area contributed by atoms with E-state index >= 15 is 0 Å². The van der Waals surface area contributed by atoms with Crippen LogP contribution in [0.15, 0.2) is 24.3 Å². The monoisotopic (exact) mass is 291 g/mol. The molecule has 1 aromatic rings. The molecule has 5 nitrogen and oxygen atoms in total. The van der Waals surface area contributed by atoms with Gasteiger partial charge in [0.05, 0.1) is 25.4 Å². The van der Waals surface area contributed by atoms with Crippen molar-refractivity contribution in [3.05, 3.63) is 29.8 Å². The molecule has 5 heteroatoms. The normalized spacial score (nSPS) is 27.5. The zero-order chi connectivity index (χ0) is 14.9. The Morgan fingerprint density at radius 2 is 2.24 bits per heavy atom. The summed E-state index contributed by atoms with van der Waals surface area (Å²) in [4.78, 5) is 12.7. The van der Waals surface area contributed by atoms with Crippen molar-refractivity contribution in [1.82, 2.24) is 5.32 Å². The molecule has 1 amide bonds. The van der Waals surface area contributed by atoms with E-state index in [2.05, 4.69) is 5.32 Å². The highest BCUT2D eigenvalue weighted by molar-refractivity contribution is 5.86. The number of hydrogen-bond donors (Lipinski definition) is 1. The highest BCUT2D eigenvalue weighted by atomic mass is 16.6. The number of fused-ring (bicyclic) bond motifs is 1. The average Bonchev–Trinajstić information content (AvgIpc) is 3.07. The van der Waals surface area contributed by atoms with Crippen LogP contribution in [-0.2, 0) is 14.3 Å². The van der Waals surface area contributed by atoms with E-state index in [0.717, 1.165) is 11.3 Å². The molecular formula is C16H21NO4. The van der Waals surface area contributed by atoms with Crippen LogP contribution in [0.5, 0.6) is 5.75 Å². The summed E-state index contributed by atoms with van der Waals surface area (Å²) in [6, 6.07) is 7.65. The maximum absolute atomic E-state index is 12.7. The van der Waals surface area contributed by atoms with Gasteiger partial charge in [-0.1, -0.05) is 18.2 Å². The fraction of sp³-hybridized carbons (Fsp3) is 0.562. The first-order valence-electron chi connectivity index (χ1n) is 7.39. The zero-order valence-corrected chi connectivity index (χ0v) is 12.4. The van der Waals surface area contributed by atoms with Crippen molar-refractivity contribution >= 4 is 5.91 Å². The van der Waals surface area contributed by atoms with E-state index in [0.29, 0.717) is 26.2 Å². The van der Waals surface area contributed by atoms with Crippen LogP contribution in [0.1, 0.15) is 31.9 Å². The predicted octanol–water partition coefficient (Wildman–Crippen LogP) is 1.82. The van der Waals surface area contributed by atoms with Crippen LogP contribution in [0.3, 0.4) is 0 Å². The highest BCUT2D eigenvalue weighted by Gasteiger charge is 2.45. The first kappa shape index (κ1) is 14.4. The lowest BCUT2D eigenvalue weighted by atomic mass is 10.00. The van der Waals surface area contributed by atoms with Crippen LogP contribution in [0.2, 0.25) is 0 Å². The van der Waals surface area contributed by atoms with E-state index in [1.807, 2.05) is 38.1 Å². The number of para-hydroxylation sites is 1. The number of hydrogen-bond acceptors (Lipinski definition) is 4. The van der Waals surface area contributed by atoms with Gasteiger partial charge in [0.2, 0.25) is 0 Å². The second-order valence-corrected chi connectivity index (χ2v) is 5.84. The van der Waals surface area contributed by atoms with Gasteiger partial charge in [-0.3, -0.25) is 4.79 Å². The van der Waals surface area contributed by atoms with Gasteiger partial charge in [0.15, 0.2) is 5.60 Å². The summed E-state index contributed by atoms with van der Waals surface area (Å²) >= 11 is 0. The van der Waals surface area contributed by atoms with Crippen LogP contribution in [0.25, 0.3) is 0 Å². The van der Waals surface area contributed by atoms with Gasteiger partial charge >= 0.3 is 0 Å². The molecule has 3 rings (SSSR count). The Kier molecular flexibility index (Phi) is 3.87. The van der Waals surface area contributed by atoms with Crippen LogP contribution in [0.4, 0.5) is 0 Å². The molecule has 1 fully saturated rings. The molecule has 0 radical (unpaired) electrons. The molecular weight excluding hydrogens is 270 g/mol. The molecule has 2 aliphatic rings. The van der Waals surface area contributed by atoms with Crippen LogP contribution in [-0.4, -0.2) is 37.4 Å². The topological polar surface area (TPSA) is 56.8 Å². The molecule has 0 spiro atoms. The van der Waals surface area contributed by atoms with E-state index < -0.39 is 5.60 Å². The fourth-order valence-electron chi connectivity index (χ4n) is 2.89. The molecule has 1 aromatic carbocycles. The van der Waals surface area contributed by atoms with Crippen LogP contribution in [0, 0.1) is 0 Å². The molecule has 0 unspecified atom stereocenters. The molecule has 1 N–H and O–H groups in total. The van der Waals surface area contributed by atoms with Crippen molar-refractivity contribution in [2.75, 3.05) is 19.8 Å². The lowest BCUT2D eigenvalue weighted by Crippen LogP contribution is -2.51. The molecule has 2 heterocycles. The fourth-order valence-corrected chi connectivity index (χ4v) is 2.89. The van der Waals surface area contributed by atoms with E-state index in [-0.39, 0.29) is 18.1 Å². The molecule has 2 atom stereocenters. The molecule has 0 aromatic heterocycles. The Hall–Kier alpha value is -1.59. The molecule has 21 heavy (non-hydrogen) atoms. The number of carbonyl (C=O) groups is 1. The van der Waals surface area contributed by atoms with Crippen LogP contribution >= 0.6 is 0 Å². The molecule has 0 aliphatic carbocycles. The minimum absolute atomic E-state index is 0.0236. The summed E-state index contributed by atoms with van der Waals surface area (Å²) < 4.78 is 16.9. The second kappa shape index (κ2) is 5.66. The van der Waals surface area contributed by atoms with Gasteiger partial charge in [-0.15, -0.1) is 0 Å². The van der Waals surface area contributed by atoms with Gasteiger partial charge < -0.3 is 19.5 Å². The SMILES string of the molecule is CC(C)O[C@]1(C(=O)N[C@@H]2COc3ccccc32)CCOC1. The van der Waals surface area contributed by atoms with Crippen molar-refractivity contribution in [3.8, 4) is 5.75 Å². The summed E-state index contributed by atoms with van der Waals surface area (Å²) in [5.41, 5.74) is 0.149. The third-order valence-corrected chi connectivity index (χ3v) is 3.87. The van der Waals surface area contributed by atoms with Gasteiger partial charge in [0.25, 0.3) is 5.91 Å². The quantitative estimate of drug-likeness (QED) is 0.919. The molecule has 114 valence electrons. The summed E-state index contributed by atoms with van der Waals surface area (Å²) in [7, 11) is 0. The number of rotatable bonds is 4. The Balaban J connectivity index is 1.74. The predicted molar refractivity (Wildman–Crippen MR) is 77.2 cm³/mol. The van der Waals surface area contributed by atoms with Gasteiger partial charge in [-0.25, -0.2) is 0 Å². The summed E-state index contributed by atoms with van der Waals surface area (Å²) in [6.45, 7) is 5.19. The number of ether oxygens (including phenoxy) is 3. The van der Waals surface area contributed by atoms with Crippen molar-refractivity contribution in [3.63, 3.8) is 0 Å². The second-order valence-electron chi connectivity index (χ2n) is 5.84. The minimum atomic E-state index is -0.869. The Bertz CT molecular complexity index is 523. The van der Waals surface area contributed by atoms with Gasteiger partial charge in [-0.2, -0.15) is 0 Å². The standard InChI is InChI=1S/C16H21NO4/c1-11(2)21-16(7-8-19-10-16)15(18)17-13-9-20-14-6-4-3-5-12(13)14/h3-6,11,13H,7-10H2,1-2H3,(H,17,18)/t13-,16-/m1/s1. The van der Waals surface area contributed by atoms with E-state index in [1.54, 1.807) is 0 Å². The van der Waals surface area contributed by atoms with Crippen molar-refractivity contribution in [2.45, 2.75) is 38.0 Å². The van der Waals surface area contributed by atoms with Crippen molar-refractivity contribution in [1.29, 1.82) is 0 Å². The molecule has 0 bridgehead atoms. The molecule has 2 aliphatic heterocycles. The molecule has 0 saturated carbocycles. The smallest absolute Gasteiger partial charge is 0.255 e. The lowest BCUT2D eigenvalue weighted by Gasteiger charge is -2.30.